The van der Waals surface area contributed by atoms with Crippen LogP contribution in [0.25, 0.3) is 11.1 Å². The van der Waals surface area contributed by atoms with Crippen molar-refractivity contribution in [2.24, 2.45) is 5.41 Å². The van der Waals surface area contributed by atoms with Gasteiger partial charge in [0.1, 0.15) is 17.6 Å². The van der Waals surface area contributed by atoms with Gasteiger partial charge in [-0.25, -0.2) is 9.37 Å². The van der Waals surface area contributed by atoms with Crippen LogP contribution in [0.1, 0.15) is 25.3 Å². The van der Waals surface area contributed by atoms with Crippen molar-refractivity contribution in [3.05, 3.63) is 40.8 Å². The van der Waals surface area contributed by atoms with E-state index in [0.29, 0.717) is 49.2 Å². The lowest BCUT2D eigenvalue weighted by Gasteiger charge is -2.22. The van der Waals surface area contributed by atoms with E-state index in [2.05, 4.69) is 21.7 Å². The number of aliphatic hydroxyl groups excluding tert-OH is 1. The number of pyridine rings is 1. The Bertz CT molecular complexity index is 951. The molecular formula is C22H26ClFN4O3. The minimum Gasteiger partial charge on any atom is -0.475 e. The van der Waals surface area contributed by atoms with E-state index in [1.54, 1.807) is 25.1 Å². The largest absolute Gasteiger partial charge is 0.475 e. The van der Waals surface area contributed by atoms with Crippen LogP contribution in [-0.4, -0.2) is 42.8 Å². The number of halogens is 2. The Morgan fingerprint density at radius 2 is 2.06 bits per heavy atom. The summed E-state index contributed by atoms with van der Waals surface area (Å²) in [5.41, 5.74) is 1.82. The minimum absolute atomic E-state index is 0.0853. The first-order valence-electron chi connectivity index (χ1n) is 9.86. The molecule has 1 aromatic heterocycles. The van der Waals surface area contributed by atoms with Gasteiger partial charge in [0.25, 0.3) is 0 Å². The molecular weight excluding hydrogens is 423 g/mol. The molecule has 0 aliphatic carbocycles. The van der Waals surface area contributed by atoms with E-state index in [1.165, 1.54) is 6.07 Å². The lowest BCUT2D eigenvalue weighted by atomic mass is 9.85. The Labute approximate surface area is 186 Å². The number of ether oxygens (including phenoxy) is 1. The fraction of sp³-hybridized carbons (Fsp3) is 0.409. The summed E-state index contributed by atoms with van der Waals surface area (Å²) in [6.07, 6.45) is 1.58. The molecule has 0 saturated heterocycles. The summed E-state index contributed by atoms with van der Waals surface area (Å²) in [4.78, 5) is 14.5. The van der Waals surface area contributed by atoms with Crippen molar-refractivity contribution < 1.29 is 19.0 Å². The number of aromatic nitrogens is 1. The number of nitriles is 1. The molecule has 1 unspecified atom stereocenters. The summed E-state index contributed by atoms with van der Waals surface area (Å²) >= 11 is 6.10. The number of carbonyl (C=O) groups excluding carboxylic acids is 1. The van der Waals surface area contributed by atoms with E-state index in [-0.39, 0.29) is 24.2 Å². The van der Waals surface area contributed by atoms with Crippen molar-refractivity contribution in [3.8, 4) is 23.1 Å². The molecule has 0 aliphatic rings. The fourth-order valence-electron chi connectivity index (χ4n) is 3.09. The molecule has 1 atom stereocenters. The standard InChI is InChI=1S/C22H26ClFN4O3/c1-15-9-18(24)19(27-6-4-22(2,13-25)3-5-26-14-30)12-17(15)16-10-20(23)28-21(11-16)31-8-7-29/h9-12,14,27,29H,3-8H2,1-2H3,(H,26,30). The van der Waals surface area contributed by atoms with E-state index < -0.39 is 11.2 Å². The number of amides is 1. The molecule has 7 nitrogen and oxygen atoms in total. The highest BCUT2D eigenvalue weighted by molar-refractivity contribution is 6.29. The molecule has 166 valence electrons. The Kier molecular flexibility index (Phi) is 9.03. The van der Waals surface area contributed by atoms with Crippen LogP contribution in [0.3, 0.4) is 0 Å². The van der Waals surface area contributed by atoms with E-state index in [4.69, 9.17) is 21.4 Å². The van der Waals surface area contributed by atoms with Gasteiger partial charge in [-0.05, 0) is 61.6 Å². The van der Waals surface area contributed by atoms with E-state index in [9.17, 15) is 14.4 Å². The van der Waals surface area contributed by atoms with Gasteiger partial charge in [-0.1, -0.05) is 11.6 Å². The number of anilines is 1. The number of hydrogen-bond acceptors (Lipinski definition) is 6. The molecule has 1 amide bonds. The predicted molar refractivity (Wildman–Crippen MR) is 117 cm³/mol. The number of aliphatic hydroxyl groups is 1. The topological polar surface area (TPSA) is 107 Å². The second-order valence-corrected chi connectivity index (χ2v) is 7.79. The number of rotatable bonds is 12. The first-order valence-corrected chi connectivity index (χ1v) is 10.2. The summed E-state index contributed by atoms with van der Waals surface area (Å²) in [6.45, 7) is 4.32. The molecule has 0 saturated carbocycles. The normalized spacial score (nSPS) is 12.5. The van der Waals surface area contributed by atoms with Crippen LogP contribution in [0.15, 0.2) is 24.3 Å². The van der Waals surface area contributed by atoms with Crippen molar-refractivity contribution in [2.75, 3.05) is 31.6 Å². The summed E-state index contributed by atoms with van der Waals surface area (Å²) in [5.74, 6) is -0.136. The summed E-state index contributed by atoms with van der Waals surface area (Å²) in [7, 11) is 0. The van der Waals surface area contributed by atoms with Gasteiger partial charge in [-0.3, -0.25) is 4.79 Å². The summed E-state index contributed by atoms with van der Waals surface area (Å²) in [5, 5.41) is 24.2. The highest BCUT2D eigenvalue weighted by atomic mass is 35.5. The molecule has 0 radical (unpaired) electrons. The Morgan fingerprint density at radius 1 is 1.32 bits per heavy atom. The van der Waals surface area contributed by atoms with Gasteiger partial charge in [0.2, 0.25) is 12.3 Å². The molecule has 31 heavy (non-hydrogen) atoms. The zero-order valence-corrected chi connectivity index (χ0v) is 18.3. The zero-order valence-electron chi connectivity index (χ0n) is 17.5. The van der Waals surface area contributed by atoms with Crippen LogP contribution in [0, 0.1) is 29.5 Å². The van der Waals surface area contributed by atoms with Crippen molar-refractivity contribution in [1.82, 2.24) is 10.3 Å². The van der Waals surface area contributed by atoms with Gasteiger partial charge >= 0.3 is 0 Å². The maximum Gasteiger partial charge on any atom is 0.215 e. The van der Waals surface area contributed by atoms with Crippen molar-refractivity contribution in [3.63, 3.8) is 0 Å². The highest BCUT2D eigenvalue weighted by Gasteiger charge is 2.23. The molecule has 0 fully saturated rings. The average molecular weight is 449 g/mol. The molecule has 3 N–H and O–H groups in total. The first kappa shape index (κ1) is 24.4. The monoisotopic (exact) mass is 448 g/mol. The maximum atomic E-state index is 14.6. The van der Waals surface area contributed by atoms with Crippen LogP contribution >= 0.6 is 11.6 Å². The Morgan fingerprint density at radius 3 is 2.74 bits per heavy atom. The van der Waals surface area contributed by atoms with Gasteiger partial charge in [-0.2, -0.15) is 5.26 Å². The highest BCUT2D eigenvalue weighted by Crippen LogP contribution is 2.32. The molecule has 9 heteroatoms. The van der Waals surface area contributed by atoms with Gasteiger partial charge in [0, 0.05) is 19.2 Å². The molecule has 0 spiro atoms. The van der Waals surface area contributed by atoms with Crippen LogP contribution < -0.4 is 15.4 Å². The van der Waals surface area contributed by atoms with Crippen molar-refractivity contribution >= 4 is 23.7 Å². The van der Waals surface area contributed by atoms with Gasteiger partial charge in [0.15, 0.2) is 0 Å². The number of carbonyl (C=O) groups is 1. The Balaban J connectivity index is 2.19. The molecule has 1 aromatic carbocycles. The maximum absolute atomic E-state index is 14.6. The number of hydrogen-bond donors (Lipinski definition) is 3. The van der Waals surface area contributed by atoms with E-state index in [0.717, 1.165) is 5.56 Å². The molecule has 2 rings (SSSR count). The SMILES string of the molecule is Cc1cc(F)c(NCCC(C)(C#N)CCNC=O)cc1-c1cc(Cl)nc(OCCO)c1. The zero-order chi connectivity index (χ0) is 22.9. The molecule has 0 aliphatic heterocycles. The molecule has 1 heterocycles. The van der Waals surface area contributed by atoms with Gasteiger partial charge in [0.05, 0.1) is 23.8 Å². The minimum atomic E-state index is -0.648. The molecule has 0 bridgehead atoms. The number of nitrogens with zero attached hydrogens (tertiary/aromatic N) is 2. The summed E-state index contributed by atoms with van der Waals surface area (Å²) in [6, 6.07) is 8.72. The van der Waals surface area contributed by atoms with Gasteiger partial charge < -0.3 is 20.5 Å². The van der Waals surface area contributed by atoms with Crippen molar-refractivity contribution in [1.29, 1.82) is 5.26 Å². The van der Waals surface area contributed by atoms with Crippen LogP contribution in [-0.2, 0) is 4.79 Å². The van der Waals surface area contributed by atoms with Crippen LogP contribution in [0.5, 0.6) is 5.88 Å². The lowest BCUT2D eigenvalue weighted by Crippen LogP contribution is -2.25. The third kappa shape index (κ3) is 7.09. The lowest BCUT2D eigenvalue weighted by molar-refractivity contribution is -0.109. The Hall–Kier alpha value is -2.89. The predicted octanol–water partition coefficient (Wildman–Crippen LogP) is 3.69. The number of aryl methyl sites for hydroxylation is 1. The first-order chi connectivity index (χ1) is 14.8. The van der Waals surface area contributed by atoms with Crippen molar-refractivity contribution in [2.45, 2.75) is 26.7 Å². The molecule has 2 aromatic rings. The van der Waals surface area contributed by atoms with Crippen LogP contribution in [0.4, 0.5) is 10.1 Å². The smallest absolute Gasteiger partial charge is 0.215 e. The average Bonchev–Trinajstić information content (AvgIpc) is 2.73. The second kappa shape index (κ2) is 11.5. The number of benzene rings is 1. The quantitative estimate of drug-likeness (QED) is 0.260. The summed E-state index contributed by atoms with van der Waals surface area (Å²) < 4.78 is 19.9. The van der Waals surface area contributed by atoms with E-state index >= 15 is 0 Å². The fourth-order valence-corrected chi connectivity index (χ4v) is 3.29. The third-order valence-corrected chi connectivity index (χ3v) is 5.10. The van der Waals surface area contributed by atoms with Crippen LogP contribution in [0.2, 0.25) is 5.15 Å². The third-order valence-electron chi connectivity index (χ3n) is 4.90. The van der Waals surface area contributed by atoms with Gasteiger partial charge in [-0.15, -0.1) is 0 Å². The van der Waals surface area contributed by atoms with E-state index in [1.807, 2.05) is 6.92 Å². The number of nitrogens with one attached hydrogen (secondary N) is 2. The second-order valence-electron chi connectivity index (χ2n) is 7.41.